The molecule has 0 fully saturated rings. The SMILES string of the molecule is Cc1ccc(-c2nc[c]o2)cc1C. The summed E-state index contributed by atoms with van der Waals surface area (Å²) in [6.45, 7) is 4.16. The first-order valence-corrected chi connectivity index (χ1v) is 4.17. The van der Waals surface area contributed by atoms with Crippen LogP contribution in [0.4, 0.5) is 0 Å². The maximum atomic E-state index is 5.08. The van der Waals surface area contributed by atoms with Crippen molar-refractivity contribution in [1.29, 1.82) is 0 Å². The van der Waals surface area contributed by atoms with Crippen LogP contribution in [0.25, 0.3) is 11.5 Å². The van der Waals surface area contributed by atoms with Gasteiger partial charge in [-0.25, -0.2) is 4.98 Å². The topological polar surface area (TPSA) is 26.0 Å². The molecule has 1 heterocycles. The molecule has 2 nitrogen and oxygen atoms in total. The molecule has 0 N–H and O–H groups in total. The van der Waals surface area contributed by atoms with Crippen LogP contribution in [0.1, 0.15) is 11.1 Å². The van der Waals surface area contributed by atoms with Crippen LogP contribution in [-0.2, 0) is 0 Å². The van der Waals surface area contributed by atoms with Crippen molar-refractivity contribution in [1.82, 2.24) is 4.98 Å². The zero-order chi connectivity index (χ0) is 9.26. The van der Waals surface area contributed by atoms with Crippen LogP contribution in [0.15, 0.2) is 28.8 Å². The van der Waals surface area contributed by atoms with Crippen molar-refractivity contribution in [3.63, 3.8) is 0 Å². The second-order valence-electron chi connectivity index (χ2n) is 3.08. The number of benzene rings is 1. The normalized spacial score (nSPS) is 10.3. The van der Waals surface area contributed by atoms with Gasteiger partial charge in [0.2, 0.25) is 5.89 Å². The summed E-state index contributed by atoms with van der Waals surface area (Å²) in [6.07, 6.45) is 4.11. The first kappa shape index (κ1) is 8.05. The summed E-state index contributed by atoms with van der Waals surface area (Å²) < 4.78 is 5.08. The summed E-state index contributed by atoms with van der Waals surface area (Å²) in [5.41, 5.74) is 3.53. The molecule has 0 aliphatic rings. The summed E-state index contributed by atoms with van der Waals surface area (Å²) in [4.78, 5) is 4.04. The third-order valence-electron chi connectivity index (χ3n) is 2.14. The molecule has 13 heavy (non-hydrogen) atoms. The molecule has 0 unspecified atom stereocenters. The minimum Gasteiger partial charge on any atom is -0.433 e. The number of hydrogen-bond acceptors (Lipinski definition) is 2. The Morgan fingerprint density at radius 2 is 2.08 bits per heavy atom. The molecule has 65 valence electrons. The highest BCUT2D eigenvalue weighted by molar-refractivity contribution is 5.55. The van der Waals surface area contributed by atoms with Crippen LogP contribution in [-0.4, -0.2) is 4.98 Å². The second-order valence-corrected chi connectivity index (χ2v) is 3.08. The van der Waals surface area contributed by atoms with Crippen LogP contribution in [0.2, 0.25) is 0 Å². The third kappa shape index (κ3) is 1.47. The summed E-state index contributed by atoms with van der Waals surface area (Å²) in [7, 11) is 0. The van der Waals surface area contributed by atoms with Crippen molar-refractivity contribution < 1.29 is 4.42 Å². The lowest BCUT2D eigenvalue weighted by molar-refractivity contribution is 0.566. The standard InChI is InChI=1S/C11H10NO/c1-8-3-4-10(7-9(8)2)11-12-5-6-13-11/h3-5,7H,1-2H3. The van der Waals surface area contributed by atoms with Gasteiger partial charge < -0.3 is 4.42 Å². The average molecular weight is 172 g/mol. The monoisotopic (exact) mass is 172 g/mol. The summed E-state index contributed by atoms with van der Waals surface area (Å²) >= 11 is 0. The van der Waals surface area contributed by atoms with E-state index >= 15 is 0 Å². The van der Waals surface area contributed by atoms with E-state index in [1.54, 1.807) is 0 Å². The van der Waals surface area contributed by atoms with E-state index in [4.69, 9.17) is 4.42 Å². The molecule has 0 saturated carbocycles. The van der Waals surface area contributed by atoms with Gasteiger partial charge in [0.1, 0.15) is 0 Å². The fourth-order valence-corrected chi connectivity index (χ4v) is 1.20. The van der Waals surface area contributed by atoms with E-state index < -0.39 is 0 Å². The highest BCUT2D eigenvalue weighted by atomic mass is 16.3. The van der Waals surface area contributed by atoms with Crippen LogP contribution >= 0.6 is 0 Å². The number of hydrogen-bond donors (Lipinski definition) is 0. The molecule has 1 aromatic carbocycles. The lowest BCUT2D eigenvalue weighted by Crippen LogP contribution is -1.82. The van der Waals surface area contributed by atoms with Crippen LogP contribution in [0, 0.1) is 20.1 Å². The van der Waals surface area contributed by atoms with Crippen LogP contribution < -0.4 is 0 Å². The van der Waals surface area contributed by atoms with Gasteiger partial charge in [0.15, 0.2) is 6.26 Å². The molecule has 1 radical (unpaired) electrons. The van der Waals surface area contributed by atoms with Crippen molar-refractivity contribution in [2.45, 2.75) is 13.8 Å². The molecule has 2 rings (SSSR count). The Hall–Kier alpha value is -1.57. The van der Waals surface area contributed by atoms with Crippen LogP contribution in [0.3, 0.4) is 0 Å². The smallest absolute Gasteiger partial charge is 0.226 e. The lowest BCUT2D eigenvalue weighted by Gasteiger charge is -2.00. The predicted octanol–water partition coefficient (Wildman–Crippen LogP) is 2.76. The van der Waals surface area contributed by atoms with Gasteiger partial charge in [-0.15, -0.1) is 0 Å². The molecule has 0 aliphatic heterocycles. The Bertz CT molecular complexity index is 404. The molecule has 0 atom stereocenters. The van der Waals surface area contributed by atoms with E-state index in [1.807, 2.05) is 6.07 Å². The molecule has 0 aliphatic carbocycles. The van der Waals surface area contributed by atoms with Crippen LogP contribution in [0.5, 0.6) is 0 Å². The number of aryl methyl sites for hydroxylation is 2. The summed E-state index contributed by atoms with van der Waals surface area (Å²) in [6, 6.07) is 6.13. The van der Waals surface area contributed by atoms with Crippen molar-refractivity contribution in [2.24, 2.45) is 0 Å². The van der Waals surface area contributed by atoms with E-state index in [-0.39, 0.29) is 0 Å². The van der Waals surface area contributed by atoms with Gasteiger partial charge in [0, 0.05) is 5.56 Å². The van der Waals surface area contributed by atoms with Crippen molar-refractivity contribution in [2.75, 3.05) is 0 Å². The van der Waals surface area contributed by atoms with Gasteiger partial charge in [0.05, 0.1) is 6.20 Å². The van der Waals surface area contributed by atoms with E-state index in [9.17, 15) is 0 Å². The lowest BCUT2D eigenvalue weighted by atomic mass is 10.1. The molecular formula is C11H10NO. The zero-order valence-electron chi connectivity index (χ0n) is 7.66. The largest absolute Gasteiger partial charge is 0.433 e. The summed E-state index contributed by atoms with van der Waals surface area (Å²) in [5, 5.41) is 0. The van der Waals surface area contributed by atoms with E-state index in [1.165, 1.54) is 17.3 Å². The minimum atomic E-state index is 0.628. The zero-order valence-corrected chi connectivity index (χ0v) is 7.66. The fraction of sp³-hybridized carbons (Fsp3) is 0.182. The molecule has 1 aromatic heterocycles. The first-order valence-electron chi connectivity index (χ1n) is 4.17. The Kier molecular flexibility index (Phi) is 1.89. The second kappa shape index (κ2) is 3.05. The van der Waals surface area contributed by atoms with Crippen molar-refractivity contribution in [3.05, 3.63) is 41.8 Å². The van der Waals surface area contributed by atoms with Gasteiger partial charge in [-0.1, -0.05) is 6.07 Å². The molecule has 0 spiro atoms. The number of aromatic nitrogens is 1. The molecule has 0 saturated heterocycles. The van der Waals surface area contributed by atoms with Gasteiger partial charge in [-0.2, -0.15) is 0 Å². The van der Waals surface area contributed by atoms with Gasteiger partial charge in [-0.3, -0.25) is 0 Å². The van der Waals surface area contributed by atoms with E-state index in [2.05, 4.69) is 37.2 Å². The Balaban J connectivity index is 2.49. The third-order valence-corrected chi connectivity index (χ3v) is 2.14. The molecule has 0 bridgehead atoms. The maximum Gasteiger partial charge on any atom is 0.226 e. The summed E-state index contributed by atoms with van der Waals surface area (Å²) in [5.74, 6) is 0.628. The number of oxazole rings is 1. The molecule has 0 amide bonds. The van der Waals surface area contributed by atoms with Crippen molar-refractivity contribution >= 4 is 0 Å². The average Bonchev–Trinajstić information content (AvgIpc) is 2.62. The Labute approximate surface area is 77.2 Å². The Morgan fingerprint density at radius 1 is 1.23 bits per heavy atom. The Morgan fingerprint density at radius 3 is 2.69 bits per heavy atom. The highest BCUT2D eigenvalue weighted by Gasteiger charge is 2.02. The maximum absolute atomic E-state index is 5.08. The van der Waals surface area contributed by atoms with Crippen molar-refractivity contribution in [3.8, 4) is 11.5 Å². The van der Waals surface area contributed by atoms with Gasteiger partial charge in [0.25, 0.3) is 0 Å². The fourth-order valence-electron chi connectivity index (χ4n) is 1.20. The first-order chi connectivity index (χ1) is 6.27. The van der Waals surface area contributed by atoms with Gasteiger partial charge in [-0.05, 0) is 37.1 Å². The number of nitrogens with zero attached hydrogens (tertiary/aromatic N) is 1. The molecular weight excluding hydrogens is 162 g/mol. The predicted molar refractivity (Wildman–Crippen MR) is 50.2 cm³/mol. The molecule has 2 heteroatoms. The molecule has 2 aromatic rings. The number of rotatable bonds is 1. The minimum absolute atomic E-state index is 0.628. The van der Waals surface area contributed by atoms with E-state index in [0.29, 0.717) is 5.89 Å². The quantitative estimate of drug-likeness (QED) is 0.661. The highest BCUT2D eigenvalue weighted by Crippen LogP contribution is 2.19. The van der Waals surface area contributed by atoms with E-state index in [0.717, 1.165) is 5.56 Å². The van der Waals surface area contributed by atoms with Gasteiger partial charge >= 0.3 is 0 Å².